The lowest BCUT2D eigenvalue weighted by molar-refractivity contribution is -0.104. The highest BCUT2D eigenvalue weighted by molar-refractivity contribution is 9.10. The van der Waals surface area contributed by atoms with Crippen LogP contribution in [0.2, 0.25) is 0 Å². The molecule has 0 N–H and O–H groups in total. The zero-order chi connectivity index (χ0) is 11.1. The molecule has 0 saturated heterocycles. The van der Waals surface area contributed by atoms with Gasteiger partial charge in [-0.2, -0.15) is 0 Å². The maximum absolute atomic E-state index is 11.4. The maximum Gasteiger partial charge on any atom is 0.236 e. The van der Waals surface area contributed by atoms with Crippen LogP contribution in [0.15, 0.2) is 40.9 Å². The fraction of sp³-hybridized carbons (Fsp3) is 0. The molecule has 0 bridgehead atoms. The van der Waals surface area contributed by atoms with Crippen molar-refractivity contribution in [2.75, 3.05) is 0 Å². The smallest absolute Gasteiger partial charge is 0.236 e. The molecule has 0 unspecified atom stereocenters. The van der Waals surface area contributed by atoms with Crippen LogP contribution in [-0.4, -0.2) is 12.1 Å². The molecule has 74 valence electrons. The molecule has 0 radical (unpaired) electrons. The molecule has 0 amide bonds. The van der Waals surface area contributed by atoms with E-state index in [-0.39, 0.29) is 5.78 Å². The minimum absolute atomic E-state index is 0.266. The lowest BCUT2D eigenvalue weighted by atomic mass is 10.1. The van der Waals surface area contributed by atoms with Crippen LogP contribution in [-0.2, 0) is 4.79 Å². The highest BCUT2D eigenvalue weighted by Crippen LogP contribution is 2.10. The van der Waals surface area contributed by atoms with Gasteiger partial charge in [0, 0.05) is 10.0 Å². The molecule has 1 aromatic carbocycles. The maximum atomic E-state index is 11.4. The van der Waals surface area contributed by atoms with Crippen LogP contribution >= 0.6 is 15.9 Å². The van der Waals surface area contributed by atoms with Crippen molar-refractivity contribution < 1.29 is 9.59 Å². The average Bonchev–Trinajstić information content (AvgIpc) is 2.25. The van der Waals surface area contributed by atoms with E-state index in [4.69, 9.17) is 0 Å². The van der Waals surface area contributed by atoms with E-state index >= 15 is 0 Å². The first-order valence-electron chi connectivity index (χ1n) is 4.16. The summed E-state index contributed by atoms with van der Waals surface area (Å²) in [4.78, 5) is 21.3. The molecule has 15 heavy (non-hydrogen) atoms. The van der Waals surface area contributed by atoms with Crippen LogP contribution in [0.5, 0.6) is 0 Å². The topological polar surface area (TPSA) is 34.1 Å². The fourth-order valence-corrected chi connectivity index (χ4v) is 1.13. The minimum atomic E-state index is -0.266. The van der Waals surface area contributed by atoms with Gasteiger partial charge in [-0.25, -0.2) is 0 Å². The lowest BCUT2D eigenvalue weighted by Gasteiger charge is -1.92. The summed E-state index contributed by atoms with van der Waals surface area (Å²) in [6, 6.07) is 6.92. The van der Waals surface area contributed by atoms with Gasteiger partial charge in [-0.1, -0.05) is 21.9 Å². The molecular formula is C12H7BrO2. The molecule has 0 aliphatic carbocycles. The highest BCUT2D eigenvalue weighted by atomic mass is 79.9. The van der Waals surface area contributed by atoms with Crippen molar-refractivity contribution in [2.45, 2.75) is 0 Å². The Labute approximate surface area is 96.1 Å². The van der Waals surface area contributed by atoms with E-state index in [9.17, 15) is 9.59 Å². The summed E-state index contributed by atoms with van der Waals surface area (Å²) in [6.45, 7) is 0. The van der Waals surface area contributed by atoms with Crippen molar-refractivity contribution in [3.8, 4) is 11.8 Å². The molecule has 0 aliphatic rings. The number of hydrogen-bond donors (Lipinski definition) is 0. The second-order valence-electron chi connectivity index (χ2n) is 2.60. The Morgan fingerprint density at radius 3 is 2.53 bits per heavy atom. The number of allylic oxidation sites excluding steroid dienone is 2. The third kappa shape index (κ3) is 3.92. The summed E-state index contributed by atoms with van der Waals surface area (Å²) < 4.78 is 0.910. The Kier molecular flexibility index (Phi) is 4.52. The van der Waals surface area contributed by atoms with Gasteiger partial charge in [-0.05, 0) is 42.3 Å². The zero-order valence-electron chi connectivity index (χ0n) is 7.74. The van der Waals surface area contributed by atoms with Crippen LogP contribution in [0, 0.1) is 11.8 Å². The molecule has 1 aromatic rings. The number of ketones is 1. The predicted molar refractivity (Wildman–Crippen MR) is 61.5 cm³/mol. The zero-order valence-corrected chi connectivity index (χ0v) is 9.32. The first-order chi connectivity index (χ1) is 7.24. The molecule has 0 atom stereocenters. The van der Waals surface area contributed by atoms with Crippen molar-refractivity contribution >= 4 is 28.0 Å². The number of hydrogen-bond acceptors (Lipinski definition) is 2. The van der Waals surface area contributed by atoms with Crippen molar-refractivity contribution in [1.29, 1.82) is 0 Å². The largest absolute Gasteiger partial charge is 0.299 e. The Morgan fingerprint density at radius 2 is 1.93 bits per heavy atom. The highest BCUT2D eigenvalue weighted by Gasteiger charge is 1.99. The van der Waals surface area contributed by atoms with Crippen molar-refractivity contribution in [3.05, 3.63) is 46.5 Å². The third-order valence-corrected chi connectivity index (χ3v) is 2.08. The van der Waals surface area contributed by atoms with Crippen LogP contribution in [0.1, 0.15) is 10.4 Å². The molecule has 1 rings (SSSR count). The van der Waals surface area contributed by atoms with Gasteiger partial charge in [0.1, 0.15) is 6.29 Å². The van der Waals surface area contributed by atoms with Gasteiger partial charge in [-0.15, -0.1) is 0 Å². The molecule has 3 heteroatoms. The Balaban J connectivity index is 2.76. The van der Waals surface area contributed by atoms with Crippen LogP contribution < -0.4 is 0 Å². The molecule has 0 aliphatic heterocycles. The van der Waals surface area contributed by atoms with E-state index in [0.717, 1.165) is 4.47 Å². The molecular weight excluding hydrogens is 256 g/mol. The van der Waals surface area contributed by atoms with Gasteiger partial charge in [0.05, 0.1) is 0 Å². The Morgan fingerprint density at radius 1 is 1.27 bits per heavy atom. The van der Waals surface area contributed by atoms with Gasteiger partial charge < -0.3 is 0 Å². The number of Topliss-reactive ketones (excluding diaryl/α,β-unsaturated/α-hetero) is 1. The summed E-state index contributed by atoms with van der Waals surface area (Å²) >= 11 is 3.27. The standard InChI is InChI=1S/C12H7BrO2/c13-11-7-5-10(6-8-11)12(15)4-2-1-3-9-14/h1,3,5-9H/b3-1+. The van der Waals surface area contributed by atoms with Crippen molar-refractivity contribution in [3.63, 3.8) is 0 Å². The number of carbonyl (C=O) groups excluding carboxylic acids is 2. The minimum Gasteiger partial charge on any atom is -0.299 e. The van der Waals surface area contributed by atoms with E-state index in [1.807, 2.05) is 0 Å². The van der Waals surface area contributed by atoms with E-state index in [2.05, 4.69) is 27.8 Å². The summed E-state index contributed by atoms with van der Waals surface area (Å²) in [6.07, 6.45) is 3.18. The molecule has 0 fully saturated rings. The SMILES string of the molecule is O=C/C=C/C#CC(=O)c1ccc(Br)cc1. The second kappa shape index (κ2) is 5.94. The lowest BCUT2D eigenvalue weighted by Crippen LogP contribution is -1.93. The van der Waals surface area contributed by atoms with Crippen LogP contribution in [0.3, 0.4) is 0 Å². The van der Waals surface area contributed by atoms with Crippen molar-refractivity contribution in [2.24, 2.45) is 0 Å². The van der Waals surface area contributed by atoms with E-state index in [1.54, 1.807) is 24.3 Å². The first-order valence-corrected chi connectivity index (χ1v) is 4.95. The van der Waals surface area contributed by atoms with Crippen LogP contribution in [0.4, 0.5) is 0 Å². The monoisotopic (exact) mass is 262 g/mol. The number of aldehydes is 1. The Hall–Kier alpha value is -1.66. The van der Waals surface area contributed by atoms with E-state index in [0.29, 0.717) is 11.8 Å². The number of carbonyl (C=O) groups is 2. The van der Waals surface area contributed by atoms with Gasteiger partial charge in [0.2, 0.25) is 5.78 Å². The van der Waals surface area contributed by atoms with E-state index in [1.165, 1.54) is 12.2 Å². The van der Waals surface area contributed by atoms with Crippen LogP contribution in [0.25, 0.3) is 0 Å². The Bertz CT molecular complexity index is 447. The summed E-state index contributed by atoms with van der Waals surface area (Å²) in [5, 5.41) is 0. The number of halogens is 1. The summed E-state index contributed by atoms with van der Waals surface area (Å²) in [7, 11) is 0. The molecule has 0 aromatic heterocycles. The fourth-order valence-electron chi connectivity index (χ4n) is 0.868. The second-order valence-corrected chi connectivity index (χ2v) is 3.52. The third-order valence-electron chi connectivity index (χ3n) is 1.55. The molecule has 0 spiro atoms. The van der Waals surface area contributed by atoms with Gasteiger partial charge in [0.25, 0.3) is 0 Å². The van der Waals surface area contributed by atoms with Crippen molar-refractivity contribution in [1.82, 2.24) is 0 Å². The first kappa shape index (κ1) is 11.4. The molecule has 0 saturated carbocycles. The van der Waals surface area contributed by atoms with Gasteiger partial charge in [-0.3, -0.25) is 9.59 Å². The average molecular weight is 263 g/mol. The summed E-state index contributed by atoms with van der Waals surface area (Å²) in [5.74, 6) is 4.61. The summed E-state index contributed by atoms with van der Waals surface area (Å²) in [5.41, 5.74) is 0.533. The number of rotatable bonds is 2. The number of benzene rings is 1. The normalized spacial score (nSPS) is 9.40. The van der Waals surface area contributed by atoms with E-state index < -0.39 is 0 Å². The molecule has 2 nitrogen and oxygen atoms in total. The quantitative estimate of drug-likeness (QED) is 0.270. The van der Waals surface area contributed by atoms with Gasteiger partial charge in [0.15, 0.2) is 0 Å². The molecule has 0 heterocycles. The van der Waals surface area contributed by atoms with Gasteiger partial charge >= 0.3 is 0 Å². The predicted octanol–water partition coefficient (Wildman–Crippen LogP) is 2.39.